The molecule has 3 nitrogen and oxygen atoms in total. The topological polar surface area (TPSA) is 33.6 Å². The smallest absolute Gasteiger partial charge is 0.241 e. The molecule has 0 saturated heterocycles. The van der Waals surface area contributed by atoms with Gasteiger partial charge in [0.1, 0.15) is 11.9 Å². The van der Waals surface area contributed by atoms with Gasteiger partial charge in [-0.1, -0.05) is 18.2 Å². The van der Waals surface area contributed by atoms with Crippen molar-refractivity contribution in [2.24, 2.45) is 4.99 Å². The number of halogens is 3. The van der Waals surface area contributed by atoms with Crippen LogP contribution in [0.1, 0.15) is 29.2 Å². The van der Waals surface area contributed by atoms with Crippen molar-refractivity contribution in [1.29, 1.82) is 0 Å². The first-order valence-electron chi connectivity index (χ1n) is 6.95. The van der Waals surface area contributed by atoms with Crippen LogP contribution in [0.15, 0.2) is 23.2 Å². The Bertz CT molecular complexity index is 536. The van der Waals surface area contributed by atoms with Gasteiger partial charge in [-0.05, 0) is 30.0 Å². The Labute approximate surface area is 129 Å². The SMILES string of the molecule is Cc1cccc2c1CC(CC(F)F)OC2C1=NCCN1.Cl. The van der Waals surface area contributed by atoms with E-state index < -0.39 is 12.5 Å². The van der Waals surface area contributed by atoms with Gasteiger partial charge in [-0.2, -0.15) is 0 Å². The van der Waals surface area contributed by atoms with Crippen molar-refractivity contribution in [2.45, 2.75) is 38.4 Å². The summed E-state index contributed by atoms with van der Waals surface area (Å²) in [5.74, 6) is 0.774. The van der Waals surface area contributed by atoms with Gasteiger partial charge in [0.2, 0.25) is 6.43 Å². The lowest BCUT2D eigenvalue weighted by Gasteiger charge is -2.33. The number of benzene rings is 1. The first kappa shape index (κ1) is 16.2. The lowest BCUT2D eigenvalue weighted by molar-refractivity contribution is -0.0276. The first-order valence-corrected chi connectivity index (χ1v) is 6.95. The maximum atomic E-state index is 12.7. The summed E-state index contributed by atoms with van der Waals surface area (Å²) < 4.78 is 31.2. The molecule has 1 aromatic rings. The lowest BCUT2D eigenvalue weighted by Crippen LogP contribution is -2.36. The Hall–Kier alpha value is -1.20. The van der Waals surface area contributed by atoms with Gasteiger partial charge in [-0.25, -0.2) is 8.78 Å². The Kier molecular flexibility index (Phi) is 5.17. The first-order chi connectivity index (χ1) is 9.65. The maximum Gasteiger partial charge on any atom is 0.241 e. The summed E-state index contributed by atoms with van der Waals surface area (Å²) in [6, 6.07) is 6.01. The number of rotatable bonds is 3. The standard InChI is InChI=1S/C15H18F2N2O.ClH/c1-9-3-2-4-11-12(9)7-10(8-13(16)17)20-14(11)15-18-5-6-19-15;/h2-4,10,13-14H,5-8H2,1H3,(H,18,19);1H. The van der Waals surface area contributed by atoms with Gasteiger partial charge in [-0.3, -0.25) is 4.99 Å². The molecular weight excluding hydrogens is 298 g/mol. The second-order valence-corrected chi connectivity index (χ2v) is 5.31. The molecule has 116 valence electrons. The van der Waals surface area contributed by atoms with Crippen molar-refractivity contribution >= 4 is 18.2 Å². The zero-order valence-electron chi connectivity index (χ0n) is 11.8. The predicted octanol–water partition coefficient (Wildman–Crippen LogP) is 3.06. The fourth-order valence-electron chi connectivity index (χ4n) is 2.93. The molecule has 1 N–H and O–H groups in total. The molecule has 0 fully saturated rings. The number of fused-ring (bicyclic) bond motifs is 1. The highest BCUT2D eigenvalue weighted by atomic mass is 35.5. The molecule has 1 aromatic carbocycles. The molecule has 0 aliphatic carbocycles. The molecule has 2 aliphatic heterocycles. The summed E-state index contributed by atoms with van der Waals surface area (Å²) in [5.41, 5.74) is 3.32. The Morgan fingerprint density at radius 3 is 2.90 bits per heavy atom. The quantitative estimate of drug-likeness (QED) is 0.930. The molecule has 0 spiro atoms. The van der Waals surface area contributed by atoms with Crippen LogP contribution in [0, 0.1) is 6.92 Å². The number of alkyl halides is 2. The minimum absolute atomic E-state index is 0. The van der Waals surface area contributed by atoms with Crippen LogP contribution in [0.3, 0.4) is 0 Å². The fourth-order valence-corrected chi connectivity index (χ4v) is 2.93. The van der Waals surface area contributed by atoms with Gasteiger partial charge in [0.05, 0.1) is 12.6 Å². The van der Waals surface area contributed by atoms with E-state index in [4.69, 9.17) is 4.74 Å². The van der Waals surface area contributed by atoms with Crippen molar-refractivity contribution < 1.29 is 13.5 Å². The number of hydrogen-bond acceptors (Lipinski definition) is 3. The molecule has 3 rings (SSSR count). The van der Waals surface area contributed by atoms with E-state index in [9.17, 15) is 8.78 Å². The highest BCUT2D eigenvalue weighted by Crippen LogP contribution is 2.35. The van der Waals surface area contributed by atoms with Crippen LogP contribution in [0.25, 0.3) is 0 Å². The van der Waals surface area contributed by atoms with E-state index >= 15 is 0 Å². The van der Waals surface area contributed by atoms with Crippen LogP contribution >= 0.6 is 12.4 Å². The molecule has 2 heterocycles. The number of ether oxygens (including phenoxy) is 1. The van der Waals surface area contributed by atoms with E-state index in [1.54, 1.807) is 0 Å². The van der Waals surface area contributed by atoms with E-state index in [1.807, 2.05) is 25.1 Å². The summed E-state index contributed by atoms with van der Waals surface area (Å²) in [5, 5.41) is 3.20. The van der Waals surface area contributed by atoms with Crippen molar-refractivity contribution in [2.75, 3.05) is 13.1 Å². The van der Waals surface area contributed by atoms with E-state index in [1.165, 1.54) is 0 Å². The summed E-state index contributed by atoms with van der Waals surface area (Å²) in [6.45, 7) is 3.52. The Balaban J connectivity index is 0.00000161. The number of nitrogens with zero attached hydrogens (tertiary/aromatic N) is 1. The minimum atomic E-state index is -2.34. The van der Waals surface area contributed by atoms with Crippen LogP contribution in [0.4, 0.5) is 8.78 Å². The van der Waals surface area contributed by atoms with Crippen LogP contribution in [-0.4, -0.2) is 31.5 Å². The molecule has 2 unspecified atom stereocenters. The lowest BCUT2D eigenvalue weighted by atomic mass is 9.89. The van der Waals surface area contributed by atoms with E-state index in [2.05, 4.69) is 10.3 Å². The third-order valence-electron chi connectivity index (χ3n) is 3.88. The number of hydrogen-bond donors (Lipinski definition) is 1. The monoisotopic (exact) mass is 316 g/mol. The molecule has 0 saturated carbocycles. The van der Waals surface area contributed by atoms with Crippen molar-refractivity contribution in [3.05, 3.63) is 34.9 Å². The Morgan fingerprint density at radius 1 is 1.43 bits per heavy atom. The fraction of sp³-hybridized carbons (Fsp3) is 0.533. The second kappa shape index (κ2) is 6.71. The number of aryl methyl sites for hydroxylation is 1. The molecule has 21 heavy (non-hydrogen) atoms. The van der Waals surface area contributed by atoms with Gasteiger partial charge in [0.15, 0.2) is 0 Å². The molecular formula is C15H19ClF2N2O. The average molecular weight is 317 g/mol. The van der Waals surface area contributed by atoms with Crippen LogP contribution < -0.4 is 5.32 Å². The molecule has 0 radical (unpaired) electrons. The van der Waals surface area contributed by atoms with Crippen LogP contribution in [-0.2, 0) is 11.2 Å². The van der Waals surface area contributed by atoms with Gasteiger partial charge in [-0.15, -0.1) is 12.4 Å². The predicted molar refractivity (Wildman–Crippen MR) is 80.7 cm³/mol. The molecule has 2 aliphatic rings. The normalized spacial score (nSPS) is 24.1. The van der Waals surface area contributed by atoms with E-state index in [0.29, 0.717) is 6.42 Å². The van der Waals surface area contributed by atoms with Crippen LogP contribution in [0.2, 0.25) is 0 Å². The summed E-state index contributed by atoms with van der Waals surface area (Å²) >= 11 is 0. The summed E-state index contributed by atoms with van der Waals surface area (Å²) in [7, 11) is 0. The number of nitrogens with one attached hydrogen (secondary N) is 1. The third-order valence-corrected chi connectivity index (χ3v) is 3.88. The Morgan fingerprint density at radius 2 is 2.24 bits per heavy atom. The van der Waals surface area contributed by atoms with E-state index in [0.717, 1.165) is 35.6 Å². The third kappa shape index (κ3) is 3.35. The minimum Gasteiger partial charge on any atom is -0.369 e. The van der Waals surface area contributed by atoms with E-state index in [-0.39, 0.29) is 24.9 Å². The number of amidine groups is 1. The average Bonchev–Trinajstić information content (AvgIpc) is 2.92. The van der Waals surface area contributed by atoms with Crippen LogP contribution in [0.5, 0.6) is 0 Å². The highest BCUT2D eigenvalue weighted by molar-refractivity contribution is 5.89. The summed E-state index contributed by atoms with van der Waals surface area (Å²) in [6.07, 6.45) is -2.79. The van der Waals surface area contributed by atoms with Crippen molar-refractivity contribution in [3.8, 4) is 0 Å². The molecule has 0 aromatic heterocycles. The maximum absolute atomic E-state index is 12.7. The zero-order valence-corrected chi connectivity index (χ0v) is 12.6. The molecule has 0 amide bonds. The summed E-state index contributed by atoms with van der Waals surface area (Å²) in [4.78, 5) is 4.39. The van der Waals surface area contributed by atoms with Crippen molar-refractivity contribution in [1.82, 2.24) is 5.32 Å². The molecule has 6 heteroatoms. The largest absolute Gasteiger partial charge is 0.369 e. The second-order valence-electron chi connectivity index (χ2n) is 5.31. The van der Waals surface area contributed by atoms with Gasteiger partial charge in [0.25, 0.3) is 0 Å². The zero-order chi connectivity index (χ0) is 14.1. The van der Waals surface area contributed by atoms with Gasteiger partial charge in [0, 0.05) is 13.0 Å². The number of aliphatic imine (C=N–C) groups is 1. The molecule has 0 bridgehead atoms. The van der Waals surface area contributed by atoms with Gasteiger partial charge < -0.3 is 10.1 Å². The molecule has 2 atom stereocenters. The van der Waals surface area contributed by atoms with Gasteiger partial charge >= 0.3 is 0 Å². The highest BCUT2D eigenvalue weighted by Gasteiger charge is 2.33. The van der Waals surface area contributed by atoms with Crippen molar-refractivity contribution in [3.63, 3.8) is 0 Å².